The third-order valence-corrected chi connectivity index (χ3v) is 6.88. The number of amides is 4. The van der Waals surface area contributed by atoms with Crippen LogP contribution in [-0.2, 0) is 9.59 Å². The Kier molecular flexibility index (Phi) is 6.18. The first-order chi connectivity index (χ1) is 16.2. The number of carbonyl (C=O) groups is 3. The van der Waals surface area contributed by atoms with Crippen LogP contribution in [0.2, 0.25) is 0 Å². The van der Waals surface area contributed by atoms with E-state index in [2.05, 4.69) is 15.7 Å². The molecule has 0 spiro atoms. The van der Waals surface area contributed by atoms with E-state index in [0.29, 0.717) is 33.2 Å². The van der Waals surface area contributed by atoms with Gasteiger partial charge in [0.05, 0.1) is 22.3 Å². The van der Waals surface area contributed by atoms with Crippen molar-refractivity contribution >= 4 is 40.5 Å². The maximum Gasteiger partial charge on any atom is 0.344 e. The second-order valence-corrected chi connectivity index (χ2v) is 9.32. The Hall–Kier alpha value is -3.66. The van der Waals surface area contributed by atoms with E-state index in [4.69, 9.17) is 0 Å². The molecule has 1 fully saturated rings. The topological polar surface area (TPSA) is 113 Å². The number of nitrogens with zero attached hydrogens (tertiary/aromatic N) is 3. The van der Waals surface area contributed by atoms with Crippen LogP contribution in [0.4, 0.5) is 4.79 Å². The molecule has 1 atom stereocenters. The number of aryl methyl sites for hydroxylation is 2. The summed E-state index contributed by atoms with van der Waals surface area (Å²) in [5, 5.41) is 4.10. The lowest BCUT2D eigenvalue weighted by Gasteiger charge is -2.19. The number of urea groups is 1. The lowest BCUT2D eigenvalue weighted by molar-refractivity contribution is -0.137. The van der Waals surface area contributed by atoms with Gasteiger partial charge < -0.3 is 5.32 Å². The number of aromatic nitrogens is 2. The highest BCUT2D eigenvalue weighted by Gasteiger charge is 2.47. The van der Waals surface area contributed by atoms with Gasteiger partial charge in [-0.2, -0.15) is 5.01 Å². The van der Waals surface area contributed by atoms with Crippen molar-refractivity contribution < 1.29 is 14.4 Å². The van der Waals surface area contributed by atoms with Crippen molar-refractivity contribution in [1.29, 1.82) is 0 Å². The summed E-state index contributed by atoms with van der Waals surface area (Å²) in [5.74, 6) is -1.24. The van der Waals surface area contributed by atoms with E-state index in [9.17, 15) is 19.2 Å². The first-order valence-corrected chi connectivity index (χ1v) is 11.8. The fourth-order valence-electron chi connectivity index (χ4n) is 3.88. The zero-order valence-electron chi connectivity index (χ0n) is 19.3. The minimum atomic E-state index is -1.06. The quantitative estimate of drug-likeness (QED) is 0.319. The fraction of sp³-hybridized carbons (Fsp3) is 0.292. The van der Waals surface area contributed by atoms with Crippen LogP contribution in [0, 0.1) is 13.8 Å². The third kappa shape index (κ3) is 4.05. The Morgan fingerprint density at radius 3 is 2.41 bits per heavy atom. The Morgan fingerprint density at radius 1 is 1.09 bits per heavy atom. The number of hydrogen-bond acceptors (Lipinski definition) is 6. The van der Waals surface area contributed by atoms with Gasteiger partial charge in [0.1, 0.15) is 5.54 Å². The van der Waals surface area contributed by atoms with Crippen molar-refractivity contribution in [2.75, 3.05) is 5.75 Å². The third-order valence-electron chi connectivity index (χ3n) is 5.95. The minimum absolute atomic E-state index is 0.157. The molecule has 3 aromatic rings. The van der Waals surface area contributed by atoms with Gasteiger partial charge in [-0.1, -0.05) is 49.0 Å². The number of rotatable bonds is 6. The van der Waals surface area contributed by atoms with Gasteiger partial charge >= 0.3 is 6.03 Å². The van der Waals surface area contributed by atoms with E-state index in [0.717, 1.165) is 22.9 Å². The summed E-state index contributed by atoms with van der Waals surface area (Å²) < 4.78 is 1.52. The molecule has 176 valence electrons. The monoisotopic (exact) mass is 479 g/mol. The van der Waals surface area contributed by atoms with Crippen LogP contribution in [0.15, 0.2) is 52.4 Å². The SMILES string of the molecule is CCC1(C)NC(=O)N(NC(=O)CSc2nc3ccccc3c(=O)n2-c2c(C)cccc2C)C1=O. The first kappa shape index (κ1) is 23.5. The number of imide groups is 1. The van der Waals surface area contributed by atoms with Crippen LogP contribution in [-0.4, -0.2) is 43.7 Å². The molecule has 0 aliphatic carbocycles. The molecular weight excluding hydrogens is 454 g/mol. The van der Waals surface area contributed by atoms with Crippen LogP contribution in [0.3, 0.4) is 0 Å². The number of nitrogens with one attached hydrogen (secondary N) is 2. The molecule has 1 aromatic heterocycles. The second kappa shape index (κ2) is 8.94. The standard InChI is InChI=1S/C24H25N5O4S/c1-5-24(4)21(32)29(22(33)26-24)27-18(30)13-34-23-25-17-12-7-6-11-16(17)20(31)28(23)19-14(2)9-8-10-15(19)3/h6-12H,5,13H2,1-4H3,(H,26,33)(H,27,30). The Morgan fingerprint density at radius 2 is 1.76 bits per heavy atom. The molecule has 4 amide bonds. The lowest BCUT2D eigenvalue weighted by atomic mass is 10.00. The Balaban J connectivity index is 1.66. The summed E-state index contributed by atoms with van der Waals surface area (Å²) in [6.07, 6.45) is 0.391. The maximum atomic E-state index is 13.5. The number of thioether (sulfide) groups is 1. The van der Waals surface area contributed by atoms with Crippen LogP contribution >= 0.6 is 11.8 Å². The summed E-state index contributed by atoms with van der Waals surface area (Å²) in [6, 6.07) is 12.1. The molecule has 0 bridgehead atoms. The zero-order valence-corrected chi connectivity index (χ0v) is 20.2. The molecule has 0 radical (unpaired) electrons. The molecule has 1 aliphatic heterocycles. The Labute approximate surface area is 200 Å². The number of carbonyl (C=O) groups excluding carboxylic acids is 3. The molecule has 2 aromatic carbocycles. The maximum absolute atomic E-state index is 13.5. The zero-order chi connectivity index (χ0) is 24.6. The summed E-state index contributed by atoms with van der Waals surface area (Å²) in [5.41, 5.74) is 4.09. The molecule has 4 rings (SSSR count). The number of hydrogen-bond donors (Lipinski definition) is 2. The van der Waals surface area contributed by atoms with Gasteiger partial charge in [-0.05, 0) is 50.5 Å². The smallest absolute Gasteiger partial charge is 0.322 e. The van der Waals surface area contributed by atoms with Gasteiger partial charge in [0.2, 0.25) is 5.91 Å². The Bertz CT molecular complexity index is 1370. The molecule has 1 aliphatic rings. The first-order valence-electron chi connectivity index (χ1n) is 10.8. The molecule has 2 N–H and O–H groups in total. The number of para-hydroxylation sites is 2. The van der Waals surface area contributed by atoms with Crippen molar-refractivity contribution in [2.45, 2.75) is 44.8 Å². The van der Waals surface area contributed by atoms with Crippen molar-refractivity contribution in [3.05, 3.63) is 63.9 Å². The van der Waals surface area contributed by atoms with Crippen LogP contribution in [0.25, 0.3) is 16.6 Å². The fourth-order valence-corrected chi connectivity index (χ4v) is 4.67. The van der Waals surface area contributed by atoms with E-state index in [1.807, 2.05) is 32.0 Å². The molecule has 1 unspecified atom stereocenters. The number of fused-ring (bicyclic) bond motifs is 1. The van der Waals surface area contributed by atoms with E-state index < -0.39 is 23.4 Å². The summed E-state index contributed by atoms with van der Waals surface area (Å²) in [6.45, 7) is 7.20. The molecule has 2 heterocycles. The van der Waals surface area contributed by atoms with Crippen LogP contribution < -0.4 is 16.3 Å². The van der Waals surface area contributed by atoms with E-state index >= 15 is 0 Å². The summed E-state index contributed by atoms with van der Waals surface area (Å²) in [7, 11) is 0. The van der Waals surface area contributed by atoms with Crippen molar-refractivity contribution in [3.63, 3.8) is 0 Å². The molecule has 10 heteroatoms. The van der Waals surface area contributed by atoms with Crippen molar-refractivity contribution in [1.82, 2.24) is 25.3 Å². The highest BCUT2D eigenvalue weighted by Crippen LogP contribution is 2.25. The molecule has 0 saturated carbocycles. The lowest BCUT2D eigenvalue weighted by Crippen LogP contribution is -2.49. The van der Waals surface area contributed by atoms with Crippen LogP contribution in [0.5, 0.6) is 0 Å². The second-order valence-electron chi connectivity index (χ2n) is 8.37. The van der Waals surface area contributed by atoms with E-state index in [-0.39, 0.29) is 11.3 Å². The van der Waals surface area contributed by atoms with E-state index in [1.54, 1.807) is 38.1 Å². The predicted octanol–water partition coefficient (Wildman–Crippen LogP) is 2.85. The van der Waals surface area contributed by atoms with Gasteiger partial charge in [-0.3, -0.25) is 24.4 Å². The van der Waals surface area contributed by atoms with E-state index in [1.165, 1.54) is 4.57 Å². The normalized spacial score (nSPS) is 17.8. The molecular formula is C24H25N5O4S. The van der Waals surface area contributed by atoms with Crippen molar-refractivity contribution in [3.8, 4) is 5.69 Å². The summed E-state index contributed by atoms with van der Waals surface area (Å²) >= 11 is 1.06. The number of hydrazine groups is 1. The van der Waals surface area contributed by atoms with Gasteiger partial charge in [0.25, 0.3) is 11.5 Å². The highest BCUT2D eigenvalue weighted by molar-refractivity contribution is 7.99. The highest BCUT2D eigenvalue weighted by atomic mass is 32.2. The molecule has 9 nitrogen and oxygen atoms in total. The van der Waals surface area contributed by atoms with Gasteiger partial charge in [-0.25, -0.2) is 9.78 Å². The number of benzene rings is 2. The van der Waals surface area contributed by atoms with Gasteiger partial charge in [0, 0.05) is 0 Å². The average Bonchev–Trinajstić information content (AvgIpc) is 3.02. The van der Waals surface area contributed by atoms with Crippen LogP contribution in [0.1, 0.15) is 31.4 Å². The van der Waals surface area contributed by atoms with Gasteiger partial charge in [0.15, 0.2) is 5.16 Å². The predicted molar refractivity (Wildman–Crippen MR) is 130 cm³/mol. The van der Waals surface area contributed by atoms with Crippen molar-refractivity contribution in [2.24, 2.45) is 0 Å². The largest absolute Gasteiger partial charge is 0.344 e. The molecule has 34 heavy (non-hydrogen) atoms. The van der Waals surface area contributed by atoms with Gasteiger partial charge in [-0.15, -0.1) is 0 Å². The average molecular weight is 480 g/mol. The summed E-state index contributed by atoms with van der Waals surface area (Å²) in [4.78, 5) is 55.5. The molecule has 1 saturated heterocycles. The minimum Gasteiger partial charge on any atom is -0.322 e.